The first-order valence-corrected chi connectivity index (χ1v) is 11.2. The minimum Gasteiger partial charge on any atom is -0.487 e. The van der Waals surface area contributed by atoms with E-state index in [0.717, 1.165) is 25.0 Å². The quantitative estimate of drug-likeness (QED) is 0.678. The molecule has 2 aliphatic rings. The van der Waals surface area contributed by atoms with Crippen LogP contribution in [0.4, 0.5) is 13.6 Å². The number of rotatable bonds is 6. The Labute approximate surface area is 196 Å². The number of aromatic nitrogens is 2. The SMILES string of the molecule is CN(C)C(=O)c1ncc(-c2cc(F)c(OCC3CCN(C(=O)O)C(C4(C)CC4)C3)c(F)c2)cn1. The van der Waals surface area contributed by atoms with Crippen LogP contribution in [0.5, 0.6) is 5.75 Å². The molecule has 1 aromatic carbocycles. The number of ether oxygens (including phenoxy) is 1. The van der Waals surface area contributed by atoms with Gasteiger partial charge in [0.1, 0.15) is 0 Å². The summed E-state index contributed by atoms with van der Waals surface area (Å²) in [6, 6.07) is 2.18. The van der Waals surface area contributed by atoms with Crippen molar-refractivity contribution in [1.29, 1.82) is 0 Å². The third-order valence-corrected chi connectivity index (χ3v) is 6.84. The zero-order chi connectivity index (χ0) is 24.6. The number of carboxylic acid groups (broad SMARTS) is 1. The molecule has 0 radical (unpaired) electrons. The van der Waals surface area contributed by atoms with Crippen molar-refractivity contribution in [3.63, 3.8) is 0 Å². The second-order valence-electron chi connectivity index (χ2n) is 9.61. The van der Waals surface area contributed by atoms with Gasteiger partial charge < -0.3 is 19.6 Å². The maximum absolute atomic E-state index is 14.8. The van der Waals surface area contributed by atoms with Gasteiger partial charge in [-0.2, -0.15) is 0 Å². The van der Waals surface area contributed by atoms with E-state index in [1.54, 1.807) is 14.1 Å². The molecular weight excluding hydrogens is 446 g/mol. The van der Waals surface area contributed by atoms with E-state index in [9.17, 15) is 23.5 Å². The van der Waals surface area contributed by atoms with E-state index in [-0.39, 0.29) is 41.3 Å². The fraction of sp³-hybridized carbons (Fsp3) is 0.500. The molecule has 2 unspecified atom stereocenters. The molecule has 4 rings (SSSR count). The first kappa shape index (κ1) is 23.8. The predicted molar refractivity (Wildman–Crippen MR) is 119 cm³/mol. The summed E-state index contributed by atoms with van der Waals surface area (Å²) in [7, 11) is 3.15. The Morgan fingerprint density at radius 1 is 1.18 bits per heavy atom. The van der Waals surface area contributed by atoms with Gasteiger partial charge in [0, 0.05) is 44.6 Å². The fourth-order valence-electron chi connectivity index (χ4n) is 4.46. The van der Waals surface area contributed by atoms with Crippen LogP contribution in [-0.2, 0) is 0 Å². The lowest BCUT2D eigenvalue weighted by molar-refractivity contribution is 0.0480. The molecule has 1 aromatic heterocycles. The highest BCUT2D eigenvalue weighted by Gasteiger charge is 2.50. The lowest BCUT2D eigenvalue weighted by Crippen LogP contribution is -2.50. The van der Waals surface area contributed by atoms with Crippen molar-refractivity contribution in [1.82, 2.24) is 19.8 Å². The Bertz CT molecular complexity index is 1070. The molecule has 0 bridgehead atoms. The Balaban J connectivity index is 1.44. The number of benzene rings is 1. The van der Waals surface area contributed by atoms with Crippen molar-refractivity contribution in [3.05, 3.63) is 42.0 Å². The number of carbonyl (C=O) groups excluding carboxylic acids is 1. The normalized spacial score (nSPS) is 21.1. The number of halogens is 2. The second-order valence-corrected chi connectivity index (χ2v) is 9.61. The van der Waals surface area contributed by atoms with E-state index in [4.69, 9.17) is 4.74 Å². The third kappa shape index (κ3) is 4.80. The molecule has 8 nitrogen and oxygen atoms in total. The van der Waals surface area contributed by atoms with Gasteiger partial charge in [-0.1, -0.05) is 6.92 Å². The Hall–Kier alpha value is -3.30. The van der Waals surface area contributed by atoms with Gasteiger partial charge in [0.25, 0.3) is 5.91 Å². The van der Waals surface area contributed by atoms with Gasteiger partial charge in [-0.15, -0.1) is 0 Å². The van der Waals surface area contributed by atoms with Crippen LogP contribution in [-0.4, -0.2) is 70.2 Å². The van der Waals surface area contributed by atoms with Crippen molar-refractivity contribution in [2.45, 2.75) is 38.6 Å². The Morgan fingerprint density at radius 3 is 2.32 bits per heavy atom. The largest absolute Gasteiger partial charge is 0.487 e. The molecule has 182 valence electrons. The van der Waals surface area contributed by atoms with Crippen LogP contribution in [0.1, 0.15) is 43.2 Å². The average Bonchev–Trinajstić information content (AvgIpc) is 3.56. The van der Waals surface area contributed by atoms with E-state index >= 15 is 0 Å². The highest BCUT2D eigenvalue weighted by atomic mass is 19.1. The number of hydrogen-bond donors (Lipinski definition) is 1. The van der Waals surface area contributed by atoms with Crippen LogP contribution in [0, 0.1) is 23.0 Å². The van der Waals surface area contributed by atoms with Gasteiger partial charge in [0.15, 0.2) is 17.4 Å². The summed E-state index contributed by atoms with van der Waals surface area (Å²) in [4.78, 5) is 34.3. The van der Waals surface area contributed by atoms with E-state index in [0.29, 0.717) is 24.9 Å². The van der Waals surface area contributed by atoms with Crippen LogP contribution in [0.3, 0.4) is 0 Å². The lowest BCUT2D eigenvalue weighted by Gasteiger charge is -2.41. The topological polar surface area (TPSA) is 95.9 Å². The minimum atomic E-state index is -0.923. The second kappa shape index (κ2) is 9.15. The maximum atomic E-state index is 14.8. The number of piperidine rings is 1. The van der Waals surface area contributed by atoms with Crippen molar-refractivity contribution in [2.75, 3.05) is 27.2 Å². The summed E-state index contributed by atoms with van der Waals surface area (Å²) >= 11 is 0. The maximum Gasteiger partial charge on any atom is 0.407 e. The summed E-state index contributed by atoms with van der Waals surface area (Å²) in [5, 5.41) is 9.52. The third-order valence-electron chi connectivity index (χ3n) is 6.84. The molecule has 1 saturated carbocycles. The van der Waals surface area contributed by atoms with E-state index in [1.807, 2.05) is 0 Å². The van der Waals surface area contributed by atoms with E-state index < -0.39 is 23.5 Å². The molecule has 2 amide bonds. The van der Waals surface area contributed by atoms with Crippen molar-refractivity contribution in [2.24, 2.45) is 11.3 Å². The minimum absolute atomic E-state index is 0.00618. The summed E-state index contributed by atoms with van der Waals surface area (Å²) in [6.45, 7) is 2.58. The molecule has 2 heterocycles. The van der Waals surface area contributed by atoms with Crippen LogP contribution in [0.15, 0.2) is 24.5 Å². The van der Waals surface area contributed by atoms with Gasteiger partial charge in [-0.25, -0.2) is 23.5 Å². The molecule has 2 fully saturated rings. The fourth-order valence-corrected chi connectivity index (χ4v) is 4.46. The number of likely N-dealkylation sites (tertiary alicyclic amines) is 1. The first-order valence-electron chi connectivity index (χ1n) is 11.2. The Morgan fingerprint density at radius 2 is 1.79 bits per heavy atom. The first-order chi connectivity index (χ1) is 16.1. The summed E-state index contributed by atoms with van der Waals surface area (Å²) in [6.07, 6.45) is 4.91. The molecule has 2 atom stereocenters. The molecule has 1 N–H and O–H groups in total. The molecule has 1 saturated heterocycles. The van der Waals surface area contributed by atoms with Crippen LogP contribution < -0.4 is 4.74 Å². The number of nitrogens with zero attached hydrogens (tertiary/aromatic N) is 4. The van der Waals surface area contributed by atoms with Gasteiger partial charge in [-0.05, 0) is 54.7 Å². The monoisotopic (exact) mass is 474 g/mol. The smallest absolute Gasteiger partial charge is 0.407 e. The molecule has 10 heteroatoms. The number of amides is 2. The highest BCUT2D eigenvalue weighted by Crippen LogP contribution is 2.53. The summed E-state index contributed by atoms with van der Waals surface area (Å²) in [5.74, 6) is -2.54. The van der Waals surface area contributed by atoms with E-state index in [1.165, 1.54) is 22.2 Å². The van der Waals surface area contributed by atoms with Gasteiger partial charge in [0.2, 0.25) is 5.82 Å². The average molecular weight is 475 g/mol. The van der Waals surface area contributed by atoms with Gasteiger partial charge in [0.05, 0.1) is 6.61 Å². The predicted octanol–water partition coefficient (Wildman–Crippen LogP) is 4.06. The summed E-state index contributed by atoms with van der Waals surface area (Å²) in [5.41, 5.74) is 0.563. The molecule has 2 aromatic rings. The van der Waals surface area contributed by atoms with Crippen molar-refractivity contribution >= 4 is 12.0 Å². The molecule has 0 spiro atoms. The summed E-state index contributed by atoms with van der Waals surface area (Å²) < 4.78 is 35.1. The standard InChI is InChI=1S/C24H28F2N4O4/c1-24(5-6-24)19-8-14(4-7-30(19)23(32)33)13-34-20-17(25)9-15(10-18(20)26)16-11-27-21(28-12-16)22(31)29(2)3/h9-12,14,19H,4-8,13H2,1-3H3,(H,32,33). The highest BCUT2D eigenvalue weighted by molar-refractivity contribution is 5.90. The van der Waals surface area contributed by atoms with E-state index in [2.05, 4.69) is 16.9 Å². The molecular formula is C24H28F2N4O4. The molecule has 34 heavy (non-hydrogen) atoms. The van der Waals surface area contributed by atoms with Crippen molar-refractivity contribution < 1.29 is 28.2 Å². The molecule has 1 aliphatic heterocycles. The van der Waals surface area contributed by atoms with Gasteiger partial charge in [-0.3, -0.25) is 4.79 Å². The number of hydrogen-bond acceptors (Lipinski definition) is 5. The van der Waals surface area contributed by atoms with Crippen LogP contribution in [0.25, 0.3) is 11.1 Å². The van der Waals surface area contributed by atoms with Crippen molar-refractivity contribution in [3.8, 4) is 16.9 Å². The van der Waals surface area contributed by atoms with Crippen LogP contribution in [0.2, 0.25) is 0 Å². The lowest BCUT2D eigenvalue weighted by atomic mass is 9.83. The zero-order valence-electron chi connectivity index (χ0n) is 19.4. The van der Waals surface area contributed by atoms with Crippen LogP contribution >= 0.6 is 0 Å². The van der Waals surface area contributed by atoms with Gasteiger partial charge >= 0.3 is 6.09 Å². The number of carbonyl (C=O) groups is 2. The Kier molecular flexibility index (Phi) is 6.42. The zero-order valence-corrected chi connectivity index (χ0v) is 19.4. The molecule has 1 aliphatic carbocycles.